The summed E-state index contributed by atoms with van der Waals surface area (Å²) in [5.74, 6) is 0.393. The molecule has 3 heteroatoms. The van der Waals surface area contributed by atoms with E-state index in [1.54, 1.807) is 0 Å². The molecule has 0 radical (unpaired) electrons. The average molecular weight is 306 g/mol. The number of anilines is 3. The minimum absolute atomic E-state index is 0.170. The molecule has 0 saturated heterocycles. The van der Waals surface area contributed by atoms with Crippen LogP contribution in [-0.4, -0.2) is 11.9 Å². The molecule has 1 heterocycles. The van der Waals surface area contributed by atoms with Gasteiger partial charge in [0.2, 0.25) is 5.91 Å². The van der Waals surface area contributed by atoms with E-state index in [0.717, 1.165) is 24.9 Å². The second kappa shape index (κ2) is 5.73. The third-order valence-corrected chi connectivity index (χ3v) is 5.10. The summed E-state index contributed by atoms with van der Waals surface area (Å²) in [6.45, 7) is 2.26. The van der Waals surface area contributed by atoms with Crippen LogP contribution >= 0.6 is 0 Å². The molecule has 4 rings (SSSR count). The van der Waals surface area contributed by atoms with Crippen molar-refractivity contribution in [3.8, 4) is 0 Å². The van der Waals surface area contributed by atoms with Crippen LogP contribution in [0.2, 0.25) is 0 Å². The summed E-state index contributed by atoms with van der Waals surface area (Å²) < 4.78 is 0. The summed E-state index contributed by atoms with van der Waals surface area (Å²) in [4.78, 5) is 14.4. The van der Waals surface area contributed by atoms with Gasteiger partial charge < -0.3 is 10.2 Å². The molecule has 3 nitrogen and oxygen atoms in total. The van der Waals surface area contributed by atoms with Gasteiger partial charge in [-0.2, -0.15) is 0 Å². The summed E-state index contributed by atoms with van der Waals surface area (Å²) >= 11 is 0. The monoisotopic (exact) mass is 306 g/mol. The Morgan fingerprint density at radius 3 is 2.52 bits per heavy atom. The Hall–Kier alpha value is -2.29. The minimum atomic E-state index is 0.170. The van der Waals surface area contributed by atoms with Crippen LogP contribution in [0, 0.1) is 5.92 Å². The first kappa shape index (κ1) is 14.3. The van der Waals surface area contributed by atoms with Crippen LogP contribution < -0.4 is 10.2 Å². The quantitative estimate of drug-likeness (QED) is 0.905. The Bertz CT molecular complexity index is 719. The van der Waals surface area contributed by atoms with Crippen LogP contribution in [0.15, 0.2) is 48.5 Å². The first-order chi connectivity index (χ1) is 11.2. The van der Waals surface area contributed by atoms with Gasteiger partial charge in [0.15, 0.2) is 0 Å². The zero-order chi connectivity index (χ0) is 15.8. The SMILES string of the molecule is CC1Cc2ccccc2N1c1ccc(NC(=O)C2CCC2)cc1. The lowest BCUT2D eigenvalue weighted by Gasteiger charge is -2.26. The summed E-state index contributed by atoms with van der Waals surface area (Å²) in [5.41, 5.74) is 4.78. The van der Waals surface area contributed by atoms with Crippen LogP contribution in [0.3, 0.4) is 0 Å². The normalized spacial score (nSPS) is 20.0. The van der Waals surface area contributed by atoms with Crippen molar-refractivity contribution in [1.29, 1.82) is 0 Å². The Morgan fingerprint density at radius 1 is 1.09 bits per heavy atom. The van der Waals surface area contributed by atoms with Crippen molar-refractivity contribution in [2.45, 2.75) is 38.6 Å². The fraction of sp³-hybridized carbons (Fsp3) is 0.350. The molecule has 23 heavy (non-hydrogen) atoms. The maximum absolute atomic E-state index is 12.0. The molecule has 2 aromatic rings. The molecule has 0 bridgehead atoms. The van der Waals surface area contributed by atoms with Crippen molar-refractivity contribution in [1.82, 2.24) is 0 Å². The number of fused-ring (bicyclic) bond motifs is 1. The molecule has 0 spiro atoms. The van der Waals surface area contributed by atoms with Crippen LogP contribution in [0.4, 0.5) is 17.1 Å². The van der Waals surface area contributed by atoms with Crippen LogP contribution in [0.5, 0.6) is 0 Å². The fourth-order valence-electron chi connectivity index (χ4n) is 3.58. The van der Waals surface area contributed by atoms with Gasteiger partial charge in [0, 0.05) is 29.0 Å². The van der Waals surface area contributed by atoms with E-state index in [1.165, 1.54) is 23.4 Å². The second-order valence-electron chi connectivity index (χ2n) is 6.72. The maximum atomic E-state index is 12.0. The smallest absolute Gasteiger partial charge is 0.227 e. The van der Waals surface area contributed by atoms with E-state index in [9.17, 15) is 4.79 Å². The highest BCUT2D eigenvalue weighted by molar-refractivity contribution is 5.93. The molecule has 1 atom stereocenters. The van der Waals surface area contributed by atoms with Crippen molar-refractivity contribution < 1.29 is 4.79 Å². The van der Waals surface area contributed by atoms with Gasteiger partial charge >= 0.3 is 0 Å². The van der Waals surface area contributed by atoms with E-state index in [4.69, 9.17) is 0 Å². The van der Waals surface area contributed by atoms with Crippen molar-refractivity contribution in [3.05, 3.63) is 54.1 Å². The predicted octanol–water partition coefficient (Wildman–Crippen LogP) is 4.51. The van der Waals surface area contributed by atoms with E-state index in [1.807, 2.05) is 12.1 Å². The Morgan fingerprint density at radius 2 is 1.83 bits per heavy atom. The molecule has 1 fully saturated rings. The van der Waals surface area contributed by atoms with E-state index < -0.39 is 0 Å². The summed E-state index contributed by atoms with van der Waals surface area (Å²) in [5, 5.41) is 3.03. The highest BCUT2D eigenvalue weighted by atomic mass is 16.1. The number of hydrogen-bond acceptors (Lipinski definition) is 2. The molecule has 1 amide bonds. The van der Waals surface area contributed by atoms with Crippen molar-refractivity contribution in [2.75, 3.05) is 10.2 Å². The number of rotatable bonds is 3. The lowest BCUT2D eigenvalue weighted by molar-refractivity contribution is -0.122. The molecule has 2 aromatic carbocycles. The van der Waals surface area contributed by atoms with Gasteiger partial charge in [-0.15, -0.1) is 0 Å². The Labute approximate surface area is 137 Å². The minimum Gasteiger partial charge on any atom is -0.338 e. The first-order valence-electron chi connectivity index (χ1n) is 8.50. The third kappa shape index (κ3) is 2.61. The van der Waals surface area contributed by atoms with Crippen molar-refractivity contribution in [3.63, 3.8) is 0 Å². The van der Waals surface area contributed by atoms with Crippen molar-refractivity contribution in [2.24, 2.45) is 5.92 Å². The zero-order valence-electron chi connectivity index (χ0n) is 13.5. The largest absolute Gasteiger partial charge is 0.338 e. The molecular weight excluding hydrogens is 284 g/mol. The van der Waals surface area contributed by atoms with Gasteiger partial charge in [0.1, 0.15) is 0 Å². The van der Waals surface area contributed by atoms with Crippen LogP contribution in [-0.2, 0) is 11.2 Å². The third-order valence-electron chi connectivity index (χ3n) is 5.10. The van der Waals surface area contributed by atoms with Crippen molar-refractivity contribution >= 4 is 23.0 Å². The van der Waals surface area contributed by atoms with Gasteiger partial charge in [-0.05, 0) is 62.1 Å². The fourth-order valence-corrected chi connectivity index (χ4v) is 3.58. The summed E-state index contributed by atoms with van der Waals surface area (Å²) in [6, 6.07) is 17.3. The Kier molecular flexibility index (Phi) is 3.56. The first-order valence-corrected chi connectivity index (χ1v) is 8.50. The topological polar surface area (TPSA) is 32.3 Å². The number of carbonyl (C=O) groups excluding carboxylic acids is 1. The number of nitrogens with zero attached hydrogens (tertiary/aromatic N) is 1. The molecular formula is C20H22N2O. The molecule has 1 N–H and O–H groups in total. The molecule has 1 aliphatic heterocycles. The number of benzene rings is 2. The standard InChI is InChI=1S/C20H22N2O/c1-14-13-16-5-2-3-8-19(16)22(14)18-11-9-17(10-12-18)21-20(23)15-6-4-7-15/h2-3,5,8-12,14-15H,4,6-7,13H2,1H3,(H,21,23). The van der Waals surface area contributed by atoms with Gasteiger partial charge in [0.25, 0.3) is 0 Å². The number of nitrogens with one attached hydrogen (secondary N) is 1. The highest BCUT2D eigenvalue weighted by Gasteiger charge is 2.27. The van der Waals surface area contributed by atoms with Gasteiger partial charge in [-0.1, -0.05) is 24.6 Å². The molecule has 1 saturated carbocycles. The molecule has 0 aromatic heterocycles. The number of hydrogen-bond donors (Lipinski definition) is 1. The summed E-state index contributed by atoms with van der Waals surface area (Å²) in [7, 11) is 0. The molecule has 1 aliphatic carbocycles. The number of carbonyl (C=O) groups is 1. The number of para-hydroxylation sites is 1. The van der Waals surface area contributed by atoms with Gasteiger partial charge in [-0.3, -0.25) is 4.79 Å². The lowest BCUT2D eigenvalue weighted by atomic mass is 9.85. The molecule has 2 aliphatic rings. The maximum Gasteiger partial charge on any atom is 0.227 e. The average Bonchev–Trinajstić information content (AvgIpc) is 2.82. The highest BCUT2D eigenvalue weighted by Crippen LogP contribution is 2.38. The molecule has 1 unspecified atom stereocenters. The van der Waals surface area contributed by atoms with Gasteiger partial charge in [0.05, 0.1) is 0 Å². The van der Waals surface area contributed by atoms with E-state index in [-0.39, 0.29) is 11.8 Å². The lowest BCUT2D eigenvalue weighted by Crippen LogP contribution is -2.28. The number of amides is 1. The Balaban J connectivity index is 1.53. The molecule has 118 valence electrons. The second-order valence-corrected chi connectivity index (χ2v) is 6.72. The van der Waals surface area contributed by atoms with Gasteiger partial charge in [-0.25, -0.2) is 0 Å². The predicted molar refractivity (Wildman–Crippen MR) is 94.2 cm³/mol. The van der Waals surface area contributed by atoms with Crippen LogP contribution in [0.1, 0.15) is 31.7 Å². The van der Waals surface area contributed by atoms with E-state index >= 15 is 0 Å². The van der Waals surface area contributed by atoms with E-state index in [0.29, 0.717) is 6.04 Å². The summed E-state index contributed by atoms with van der Waals surface area (Å²) in [6.07, 6.45) is 4.33. The van der Waals surface area contributed by atoms with Crippen LogP contribution in [0.25, 0.3) is 0 Å². The van der Waals surface area contributed by atoms with E-state index in [2.05, 4.69) is 53.5 Å². The zero-order valence-corrected chi connectivity index (χ0v) is 13.5.